The number of nitrogens with zero attached hydrogens (tertiary/aromatic N) is 5. The van der Waals surface area contributed by atoms with E-state index in [0.29, 0.717) is 30.1 Å². The van der Waals surface area contributed by atoms with E-state index in [1.807, 2.05) is 32.3 Å². The Bertz CT molecular complexity index is 914. The van der Waals surface area contributed by atoms with Crippen molar-refractivity contribution < 1.29 is 18.9 Å². The van der Waals surface area contributed by atoms with Crippen molar-refractivity contribution in [2.24, 2.45) is 5.16 Å². The molecule has 0 spiro atoms. The summed E-state index contributed by atoms with van der Waals surface area (Å²) in [6.07, 6.45) is 4.89. The van der Waals surface area contributed by atoms with Gasteiger partial charge in [-0.05, 0) is 41.0 Å². The molecule has 3 N–H and O–H groups in total. The molecule has 0 aliphatic carbocycles. The number of anilines is 1. The van der Waals surface area contributed by atoms with Crippen LogP contribution < -0.4 is 10.8 Å². The van der Waals surface area contributed by atoms with E-state index in [1.165, 1.54) is 6.33 Å². The third-order valence-corrected chi connectivity index (χ3v) is 5.80. The third-order valence-electron chi connectivity index (χ3n) is 4.33. The first-order valence-corrected chi connectivity index (χ1v) is 12.0. The SMILES string of the molecule is CCCCOC(=O)C(C)(C)NP(CO[C@H](C)Cn1cnc2c(N)ncnc21)ON=C(C)C. The molecule has 32 heavy (non-hydrogen) atoms. The molecule has 0 saturated heterocycles. The van der Waals surface area contributed by atoms with Gasteiger partial charge in [-0.2, -0.15) is 0 Å². The van der Waals surface area contributed by atoms with Crippen molar-refractivity contribution in [3.05, 3.63) is 12.7 Å². The van der Waals surface area contributed by atoms with Crippen LogP contribution in [0.4, 0.5) is 5.82 Å². The van der Waals surface area contributed by atoms with Crippen molar-refractivity contribution in [3.63, 3.8) is 0 Å². The molecule has 2 aromatic rings. The number of carbonyl (C=O) groups is 1. The molecule has 0 amide bonds. The molecular formula is C20H34N7O4P. The van der Waals surface area contributed by atoms with Gasteiger partial charge in [-0.3, -0.25) is 4.79 Å². The molecule has 0 aliphatic rings. The van der Waals surface area contributed by atoms with Crippen LogP contribution in [-0.2, 0) is 25.4 Å². The van der Waals surface area contributed by atoms with Gasteiger partial charge in [0, 0.05) is 0 Å². The molecule has 0 aliphatic heterocycles. The summed E-state index contributed by atoms with van der Waals surface area (Å²) >= 11 is 0. The summed E-state index contributed by atoms with van der Waals surface area (Å²) in [5.41, 5.74) is 6.87. The number of esters is 1. The average molecular weight is 468 g/mol. The van der Waals surface area contributed by atoms with Gasteiger partial charge in [0.05, 0.1) is 31.3 Å². The number of nitrogen functional groups attached to an aromatic ring is 1. The first kappa shape index (κ1) is 25.9. The zero-order valence-electron chi connectivity index (χ0n) is 19.7. The Labute approximate surface area is 190 Å². The lowest BCUT2D eigenvalue weighted by Gasteiger charge is -2.28. The minimum Gasteiger partial charge on any atom is -0.464 e. The van der Waals surface area contributed by atoms with Crippen molar-refractivity contribution in [2.75, 3.05) is 18.7 Å². The second kappa shape index (κ2) is 12.0. The van der Waals surface area contributed by atoms with Gasteiger partial charge in [-0.25, -0.2) is 20.0 Å². The van der Waals surface area contributed by atoms with E-state index >= 15 is 0 Å². The van der Waals surface area contributed by atoms with Gasteiger partial charge >= 0.3 is 5.97 Å². The highest BCUT2D eigenvalue weighted by molar-refractivity contribution is 7.50. The molecule has 11 nitrogen and oxygen atoms in total. The summed E-state index contributed by atoms with van der Waals surface area (Å²) in [6.45, 7) is 12.1. The zero-order chi connectivity index (χ0) is 23.7. The van der Waals surface area contributed by atoms with Crippen molar-refractivity contribution in [3.8, 4) is 0 Å². The van der Waals surface area contributed by atoms with Crippen LogP contribution >= 0.6 is 8.30 Å². The topological polar surface area (TPSA) is 139 Å². The quantitative estimate of drug-likeness (QED) is 0.149. The number of carbonyl (C=O) groups excluding carboxylic acids is 1. The molecule has 12 heteroatoms. The highest BCUT2D eigenvalue weighted by atomic mass is 31.2. The molecule has 178 valence electrons. The Balaban J connectivity index is 1.99. The summed E-state index contributed by atoms with van der Waals surface area (Å²) in [5.74, 6) is -0.00116. The van der Waals surface area contributed by atoms with E-state index < -0.39 is 13.8 Å². The second-order valence-electron chi connectivity index (χ2n) is 8.16. The minimum atomic E-state index is -1.40. The summed E-state index contributed by atoms with van der Waals surface area (Å²) in [5, 5.41) is 7.26. The van der Waals surface area contributed by atoms with Crippen LogP contribution in [0.1, 0.15) is 54.4 Å². The largest absolute Gasteiger partial charge is 0.464 e. The molecule has 0 fully saturated rings. The monoisotopic (exact) mass is 467 g/mol. The minimum absolute atomic E-state index is 0.190. The van der Waals surface area contributed by atoms with E-state index in [9.17, 15) is 4.79 Å². The number of ether oxygens (including phenoxy) is 2. The van der Waals surface area contributed by atoms with Crippen molar-refractivity contribution in [1.29, 1.82) is 0 Å². The molecule has 2 heterocycles. The van der Waals surface area contributed by atoms with Gasteiger partial charge in [0.1, 0.15) is 23.7 Å². The zero-order valence-corrected chi connectivity index (χ0v) is 20.6. The second-order valence-corrected chi connectivity index (χ2v) is 9.56. The van der Waals surface area contributed by atoms with Crippen LogP contribution in [0.5, 0.6) is 0 Å². The first-order valence-electron chi connectivity index (χ1n) is 10.6. The molecular weight excluding hydrogens is 433 g/mol. The highest BCUT2D eigenvalue weighted by Gasteiger charge is 2.33. The van der Waals surface area contributed by atoms with Gasteiger partial charge in [-0.1, -0.05) is 18.5 Å². The van der Waals surface area contributed by atoms with Crippen LogP contribution in [0, 0.1) is 0 Å². The molecule has 0 radical (unpaired) electrons. The number of fused-ring (bicyclic) bond motifs is 1. The number of hydrogen-bond donors (Lipinski definition) is 2. The van der Waals surface area contributed by atoms with Crippen molar-refractivity contribution >= 4 is 37.0 Å². The maximum Gasteiger partial charge on any atom is 0.326 e. The summed E-state index contributed by atoms with van der Waals surface area (Å²) in [6, 6.07) is 0. The fourth-order valence-corrected chi connectivity index (χ4v) is 4.13. The maximum absolute atomic E-state index is 12.5. The number of nitrogens with two attached hydrogens (primary N) is 1. The number of rotatable bonds is 13. The number of hydrogen-bond acceptors (Lipinski definition) is 10. The van der Waals surface area contributed by atoms with Gasteiger partial charge in [0.2, 0.25) is 8.30 Å². The molecule has 2 rings (SSSR count). The molecule has 2 aromatic heterocycles. The summed E-state index contributed by atoms with van der Waals surface area (Å²) in [7, 11) is -1.40. The summed E-state index contributed by atoms with van der Waals surface area (Å²) < 4.78 is 18.9. The molecule has 0 aromatic carbocycles. The van der Waals surface area contributed by atoms with Crippen LogP contribution in [0.2, 0.25) is 0 Å². The molecule has 1 unspecified atom stereocenters. The van der Waals surface area contributed by atoms with Crippen LogP contribution in [0.3, 0.4) is 0 Å². The van der Waals surface area contributed by atoms with Gasteiger partial charge in [0.15, 0.2) is 11.5 Å². The number of oxime groups is 1. The van der Waals surface area contributed by atoms with Gasteiger partial charge in [0.25, 0.3) is 0 Å². The predicted octanol–water partition coefficient (Wildman–Crippen LogP) is 3.21. The molecule has 0 bridgehead atoms. The first-order chi connectivity index (χ1) is 15.1. The molecule has 2 atom stereocenters. The van der Waals surface area contributed by atoms with Crippen LogP contribution in [-0.4, -0.2) is 55.8 Å². The molecule has 0 saturated carbocycles. The lowest BCUT2D eigenvalue weighted by atomic mass is 10.1. The van der Waals surface area contributed by atoms with Gasteiger partial charge < -0.3 is 24.4 Å². The third kappa shape index (κ3) is 7.65. The van der Waals surface area contributed by atoms with E-state index in [2.05, 4.69) is 25.2 Å². The van der Waals surface area contributed by atoms with Gasteiger partial charge in [-0.15, -0.1) is 0 Å². The van der Waals surface area contributed by atoms with E-state index in [4.69, 9.17) is 19.8 Å². The Morgan fingerprint density at radius 1 is 1.34 bits per heavy atom. The van der Waals surface area contributed by atoms with Crippen LogP contribution in [0.15, 0.2) is 17.8 Å². The smallest absolute Gasteiger partial charge is 0.326 e. The van der Waals surface area contributed by atoms with E-state index in [1.54, 1.807) is 20.2 Å². The highest BCUT2D eigenvalue weighted by Crippen LogP contribution is 2.36. The van der Waals surface area contributed by atoms with E-state index in [-0.39, 0.29) is 18.4 Å². The van der Waals surface area contributed by atoms with Crippen molar-refractivity contribution in [2.45, 2.75) is 72.6 Å². The Morgan fingerprint density at radius 3 is 2.78 bits per heavy atom. The standard InChI is InChI=1S/C20H34N7O4P/c1-7-8-9-29-19(28)20(5,6)26-32(31-25-14(2)3)13-30-15(4)10-27-12-24-16-17(21)22-11-23-18(16)27/h11-12,15,26H,7-10,13H2,1-6H3,(H2,21,22,23)/t15-,32?/m1/s1. The maximum atomic E-state index is 12.5. The van der Waals surface area contributed by atoms with Crippen LogP contribution in [0.25, 0.3) is 11.2 Å². The predicted molar refractivity (Wildman–Crippen MR) is 125 cm³/mol. The van der Waals surface area contributed by atoms with E-state index in [0.717, 1.165) is 18.6 Å². The summed E-state index contributed by atoms with van der Waals surface area (Å²) in [4.78, 5) is 24.9. The fourth-order valence-electron chi connectivity index (χ4n) is 2.61. The Kier molecular flexibility index (Phi) is 9.74. The number of nitrogens with one attached hydrogen (secondary N) is 1. The number of aromatic nitrogens is 4. The average Bonchev–Trinajstić information content (AvgIpc) is 3.14. The normalized spacial score (nSPS) is 13.6. The number of imidazole rings is 1. The number of unbranched alkanes of at least 4 members (excludes halogenated alkanes) is 1. The Morgan fingerprint density at radius 2 is 2.09 bits per heavy atom. The Hall–Kier alpha value is -2.36. The van der Waals surface area contributed by atoms with Crippen molar-refractivity contribution in [1.82, 2.24) is 24.6 Å². The lowest BCUT2D eigenvalue weighted by Crippen LogP contribution is -2.45. The lowest BCUT2D eigenvalue weighted by molar-refractivity contribution is -0.149. The fraction of sp³-hybridized carbons (Fsp3) is 0.650.